The number of aryl methyl sites for hydroxylation is 2. The highest BCUT2D eigenvalue weighted by atomic mass is 16.2. The Labute approximate surface area is 260 Å². The average Bonchev–Trinajstić information content (AvgIpc) is 3.07. The molecule has 0 aliphatic carbocycles. The highest BCUT2D eigenvalue weighted by Gasteiger charge is 2.11. The SMILES string of the molecule is C=Cc1nccc(NC(=O)c2ccc(C)cc2)c1N=C.CC.CC.Cc1ccc(C(=O)Nc2nccc3cccnc23)cc1. The maximum absolute atomic E-state index is 12.2. The van der Waals surface area contributed by atoms with Gasteiger partial charge in [-0.2, -0.15) is 0 Å². The first-order chi connectivity index (χ1) is 21.4. The summed E-state index contributed by atoms with van der Waals surface area (Å²) in [6.45, 7) is 19.1. The van der Waals surface area contributed by atoms with Crippen molar-refractivity contribution in [1.29, 1.82) is 0 Å². The van der Waals surface area contributed by atoms with Crippen molar-refractivity contribution < 1.29 is 9.59 Å². The van der Waals surface area contributed by atoms with Gasteiger partial charge in [0.1, 0.15) is 11.2 Å². The lowest BCUT2D eigenvalue weighted by Crippen LogP contribution is -2.13. The third kappa shape index (κ3) is 9.52. The van der Waals surface area contributed by atoms with Crippen LogP contribution >= 0.6 is 0 Å². The van der Waals surface area contributed by atoms with Crippen LogP contribution in [-0.2, 0) is 0 Å². The maximum Gasteiger partial charge on any atom is 0.256 e. The molecular formula is C36H40N6O2. The van der Waals surface area contributed by atoms with E-state index >= 15 is 0 Å². The summed E-state index contributed by atoms with van der Waals surface area (Å²) in [5, 5.41) is 6.57. The monoisotopic (exact) mass is 588 g/mol. The van der Waals surface area contributed by atoms with Gasteiger partial charge in [0.2, 0.25) is 0 Å². The second-order valence-electron chi connectivity index (χ2n) is 8.83. The van der Waals surface area contributed by atoms with E-state index in [1.54, 1.807) is 55.0 Å². The van der Waals surface area contributed by atoms with Gasteiger partial charge in [0.15, 0.2) is 5.82 Å². The molecule has 8 nitrogen and oxygen atoms in total. The van der Waals surface area contributed by atoms with Crippen LogP contribution in [0.3, 0.4) is 0 Å². The zero-order chi connectivity index (χ0) is 32.5. The van der Waals surface area contributed by atoms with E-state index in [9.17, 15) is 9.59 Å². The Morgan fingerprint density at radius 2 is 1.25 bits per heavy atom. The third-order valence-electron chi connectivity index (χ3n) is 5.93. The van der Waals surface area contributed by atoms with E-state index in [4.69, 9.17) is 0 Å². The molecule has 0 saturated heterocycles. The molecule has 0 unspecified atom stereocenters. The van der Waals surface area contributed by atoms with E-state index in [-0.39, 0.29) is 11.8 Å². The third-order valence-corrected chi connectivity index (χ3v) is 5.93. The van der Waals surface area contributed by atoms with Crippen molar-refractivity contribution in [1.82, 2.24) is 15.0 Å². The van der Waals surface area contributed by atoms with Crippen LogP contribution in [0.1, 0.15) is 65.2 Å². The maximum atomic E-state index is 12.2. The molecule has 0 bridgehead atoms. The Balaban J connectivity index is 0.000000276. The highest BCUT2D eigenvalue weighted by molar-refractivity contribution is 6.07. The van der Waals surface area contributed by atoms with Crippen LogP contribution in [0.2, 0.25) is 0 Å². The van der Waals surface area contributed by atoms with Gasteiger partial charge in [-0.15, -0.1) is 0 Å². The first kappa shape index (κ1) is 34.7. The molecule has 44 heavy (non-hydrogen) atoms. The molecule has 2 N–H and O–H groups in total. The molecule has 0 atom stereocenters. The molecule has 0 radical (unpaired) electrons. The van der Waals surface area contributed by atoms with E-state index in [1.807, 2.05) is 84.0 Å². The van der Waals surface area contributed by atoms with Gasteiger partial charge in [0.05, 0.1) is 11.4 Å². The molecule has 5 aromatic rings. The lowest BCUT2D eigenvalue weighted by molar-refractivity contribution is 0.101. The topological polar surface area (TPSA) is 109 Å². The summed E-state index contributed by atoms with van der Waals surface area (Å²) in [4.78, 5) is 40.8. The number of hydrogen-bond acceptors (Lipinski definition) is 6. The normalized spacial score (nSPS) is 9.50. The predicted octanol–water partition coefficient (Wildman–Crippen LogP) is 8.86. The first-order valence-corrected chi connectivity index (χ1v) is 14.4. The molecule has 2 amide bonds. The number of aromatic nitrogens is 3. The average molecular weight is 589 g/mol. The number of carbonyl (C=O) groups excluding carboxylic acids is 2. The number of aliphatic imine (C=N–C) groups is 1. The van der Waals surface area contributed by atoms with Crippen LogP contribution < -0.4 is 10.6 Å². The van der Waals surface area contributed by atoms with Crippen molar-refractivity contribution in [3.63, 3.8) is 0 Å². The zero-order valence-electron chi connectivity index (χ0n) is 26.3. The Morgan fingerprint density at radius 1 is 0.705 bits per heavy atom. The van der Waals surface area contributed by atoms with Crippen molar-refractivity contribution in [2.45, 2.75) is 41.5 Å². The Kier molecular flexibility index (Phi) is 14.3. The summed E-state index contributed by atoms with van der Waals surface area (Å²) in [6, 6.07) is 22.1. The van der Waals surface area contributed by atoms with E-state index in [1.165, 1.54) is 0 Å². The highest BCUT2D eigenvalue weighted by Crippen LogP contribution is 2.28. The largest absolute Gasteiger partial charge is 0.320 e. The Bertz CT molecular complexity index is 1670. The number of pyridine rings is 3. The number of rotatable bonds is 6. The number of benzene rings is 2. The van der Waals surface area contributed by atoms with Crippen LogP contribution in [0.25, 0.3) is 17.0 Å². The van der Waals surface area contributed by atoms with E-state index < -0.39 is 0 Å². The predicted molar refractivity (Wildman–Crippen MR) is 184 cm³/mol. The van der Waals surface area contributed by atoms with Gasteiger partial charge in [-0.05, 0) is 69.1 Å². The van der Waals surface area contributed by atoms with Crippen molar-refractivity contribution in [3.8, 4) is 0 Å². The molecule has 226 valence electrons. The van der Waals surface area contributed by atoms with Crippen LogP contribution in [-0.4, -0.2) is 33.5 Å². The van der Waals surface area contributed by atoms with Crippen LogP contribution in [0, 0.1) is 13.8 Å². The molecular weight excluding hydrogens is 548 g/mol. The molecule has 0 fully saturated rings. The minimum Gasteiger partial charge on any atom is -0.320 e. The number of anilines is 2. The minimum atomic E-state index is -0.198. The summed E-state index contributed by atoms with van der Waals surface area (Å²) >= 11 is 0. The van der Waals surface area contributed by atoms with E-state index in [2.05, 4.69) is 43.9 Å². The van der Waals surface area contributed by atoms with Crippen molar-refractivity contribution in [2.24, 2.45) is 4.99 Å². The second kappa shape index (κ2) is 18.1. The number of nitrogens with zero attached hydrogens (tertiary/aromatic N) is 4. The molecule has 3 aromatic heterocycles. The van der Waals surface area contributed by atoms with Gasteiger partial charge in [-0.25, -0.2) is 4.98 Å². The number of carbonyl (C=O) groups is 2. The minimum absolute atomic E-state index is 0.185. The number of hydrogen-bond donors (Lipinski definition) is 2. The smallest absolute Gasteiger partial charge is 0.256 e. The molecule has 3 heterocycles. The van der Waals surface area contributed by atoms with Crippen LogP contribution in [0.5, 0.6) is 0 Å². The van der Waals surface area contributed by atoms with Crippen molar-refractivity contribution in [2.75, 3.05) is 10.6 Å². The van der Waals surface area contributed by atoms with Gasteiger partial charge >= 0.3 is 0 Å². The van der Waals surface area contributed by atoms with Gasteiger partial charge in [-0.3, -0.25) is 24.5 Å². The fourth-order valence-corrected chi connectivity index (χ4v) is 3.77. The van der Waals surface area contributed by atoms with Crippen LogP contribution in [0.4, 0.5) is 17.2 Å². The first-order valence-electron chi connectivity index (χ1n) is 14.4. The summed E-state index contributed by atoms with van der Waals surface area (Å²) < 4.78 is 0. The van der Waals surface area contributed by atoms with Crippen molar-refractivity contribution >= 4 is 52.7 Å². The number of amides is 2. The van der Waals surface area contributed by atoms with E-state index in [0.717, 1.165) is 16.5 Å². The second-order valence-corrected chi connectivity index (χ2v) is 8.83. The van der Waals surface area contributed by atoms with Gasteiger partial charge in [0, 0.05) is 35.1 Å². The Hall–Kier alpha value is -5.50. The molecule has 0 spiro atoms. The lowest BCUT2D eigenvalue weighted by atomic mass is 10.1. The summed E-state index contributed by atoms with van der Waals surface area (Å²) in [6.07, 6.45) is 6.52. The standard InChI is InChI=1S/C16H13N3O.C16H15N3O.2C2H6/c1-11-4-6-13(7-5-11)16(20)19-15-14-12(8-10-18-15)3-2-9-17-14;1-4-13-15(17-3)14(9-10-18-13)19-16(20)12-7-5-11(2)6-8-12;2*1-2/h2-10H,1H3,(H,18,19,20);4-10H,1,3H2,2H3,(H,18,19,20);2*1-2H3. The van der Waals surface area contributed by atoms with Gasteiger partial charge in [0.25, 0.3) is 11.8 Å². The Morgan fingerprint density at radius 3 is 1.80 bits per heavy atom. The summed E-state index contributed by atoms with van der Waals surface area (Å²) in [5.74, 6) is 0.0976. The summed E-state index contributed by atoms with van der Waals surface area (Å²) in [7, 11) is 0. The molecule has 5 rings (SSSR count). The molecule has 0 aliphatic rings. The molecule has 0 aliphatic heterocycles. The fraction of sp³-hybridized carbons (Fsp3) is 0.167. The molecule has 8 heteroatoms. The van der Waals surface area contributed by atoms with Gasteiger partial charge < -0.3 is 10.6 Å². The van der Waals surface area contributed by atoms with Gasteiger partial charge in [-0.1, -0.05) is 75.7 Å². The van der Waals surface area contributed by atoms with Crippen molar-refractivity contribution in [3.05, 3.63) is 126 Å². The lowest BCUT2D eigenvalue weighted by Gasteiger charge is -2.09. The zero-order valence-corrected chi connectivity index (χ0v) is 26.3. The number of nitrogens with one attached hydrogen (secondary N) is 2. The van der Waals surface area contributed by atoms with E-state index in [0.29, 0.717) is 39.5 Å². The van der Waals surface area contributed by atoms with Crippen LogP contribution in [0.15, 0.2) is 103 Å². The fourth-order valence-electron chi connectivity index (χ4n) is 3.77. The quantitative estimate of drug-likeness (QED) is 0.193. The molecule has 2 aromatic carbocycles. The number of fused-ring (bicyclic) bond motifs is 1. The molecule has 0 saturated carbocycles. The summed E-state index contributed by atoms with van der Waals surface area (Å²) in [5.41, 5.74) is 5.77.